The predicted molar refractivity (Wildman–Crippen MR) is 89.7 cm³/mol. The predicted octanol–water partition coefficient (Wildman–Crippen LogP) is 4.22. The van der Waals surface area contributed by atoms with E-state index in [2.05, 4.69) is 0 Å². The molecule has 2 rings (SSSR count). The van der Waals surface area contributed by atoms with Crippen molar-refractivity contribution in [3.05, 3.63) is 57.6 Å². The normalized spacial score (nSPS) is 10.2. The van der Waals surface area contributed by atoms with Crippen molar-refractivity contribution in [1.29, 1.82) is 0 Å². The van der Waals surface area contributed by atoms with Gasteiger partial charge in [0, 0.05) is 27.2 Å². The summed E-state index contributed by atoms with van der Waals surface area (Å²) in [4.78, 5) is 0.273. The summed E-state index contributed by atoms with van der Waals surface area (Å²) >= 11 is 17.2. The summed E-state index contributed by atoms with van der Waals surface area (Å²) in [6, 6.07) is 10.5. The highest BCUT2D eigenvalue weighted by molar-refractivity contribution is 7.80. The number of hydrogen-bond acceptors (Lipinski definition) is 3. The van der Waals surface area contributed by atoms with Gasteiger partial charge in [-0.3, -0.25) is 0 Å². The zero-order valence-electron chi connectivity index (χ0n) is 11.2. The van der Waals surface area contributed by atoms with Gasteiger partial charge < -0.3 is 15.2 Å². The zero-order chi connectivity index (χ0) is 15.4. The van der Waals surface area contributed by atoms with E-state index in [4.69, 9.17) is 50.6 Å². The molecule has 3 nitrogen and oxygen atoms in total. The summed E-state index contributed by atoms with van der Waals surface area (Å²) in [6.07, 6.45) is 0. The van der Waals surface area contributed by atoms with Crippen LogP contribution in [0.25, 0.3) is 0 Å². The van der Waals surface area contributed by atoms with Crippen LogP contribution >= 0.6 is 35.4 Å². The molecule has 0 spiro atoms. The second-order valence-corrected chi connectivity index (χ2v) is 5.50. The van der Waals surface area contributed by atoms with Crippen LogP contribution in [-0.4, -0.2) is 12.1 Å². The number of thiocarbonyl (C=S) groups is 1. The van der Waals surface area contributed by atoms with E-state index in [-0.39, 0.29) is 11.6 Å². The van der Waals surface area contributed by atoms with Crippen LogP contribution in [0.3, 0.4) is 0 Å². The first kappa shape index (κ1) is 15.9. The van der Waals surface area contributed by atoms with E-state index >= 15 is 0 Å². The van der Waals surface area contributed by atoms with Crippen LogP contribution < -0.4 is 15.2 Å². The van der Waals surface area contributed by atoms with E-state index in [1.54, 1.807) is 43.5 Å². The van der Waals surface area contributed by atoms with E-state index in [0.717, 1.165) is 5.56 Å². The molecule has 0 bridgehead atoms. The highest BCUT2D eigenvalue weighted by Gasteiger charge is 2.08. The molecule has 0 aliphatic rings. The lowest BCUT2D eigenvalue weighted by atomic mass is 10.2. The van der Waals surface area contributed by atoms with Gasteiger partial charge in [0.25, 0.3) is 0 Å². The third-order valence-corrected chi connectivity index (χ3v) is 3.79. The molecule has 2 aromatic rings. The molecule has 0 atom stereocenters. The third kappa shape index (κ3) is 4.00. The standard InChI is InChI=1S/C15H13Cl2NO2S/c1-19-10-5-9(15(18)21)6-11(7-10)20-8-12-13(16)3-2-4-14(12)17/h2-7H,8H2,1H3,(H2,18,21). The highest BCUT2D eigenvalue weighted by atomic mass is 35.5. The van der Waals surface area contributed by atoms with Crippen molar-refractivity contribution in [3.63, 3.8) is 0 Å². The molecule has 2 aromatic carbocycles. The van der Waals surface area contributed by atoms with Gasteiger partial charge in [0.1, 0.15) is 23.1 Å². The molecule has 0 radical (unpaired) electrons. The van der Waals surface area contributed by atoms with Crippen molar-refractivity contribution in [3.8, 4) is 11.5 Å². The second kappa shape index (κ2) is 6.98. The summed E-state index contributed by atoms with van der Waals surface area (Å²) in [5, 5.41) is 1.11. The van der Waals surface area contributed by atoms with Crippen LogP contribution in [0.1, 0.15) is 11.1 Å². The topological polar surface area (TPSA) is 44.5 Å². The minimum atomic E-state index is 0.239. The molecule has 0 fully saturated rings. The number of rotatable bonds is 5. The Kier molecular flexibility index (Phi) is 5.28. The van der Waals surface area contributed by atoms with E-state index in [0.29, 0.717) is 27.1 Å². The smallest absolute Gasteiger partial charge is 0.124 e. The molecular formula is C15H13Cl2NO2S. The van der Waals surface area contributed by atoms with Gasteiger partial charge in [0.15, 0.2) is 0 Å². The summed E-state index contributed by atoms with van der Waals surface area (Å²) in [6.45, 7) is 0.239. The zero-order valence-corrected chi connectivity index (χ0v) is 13.6. The van der Waals surface area contributed by atoms with Gasteiger partial charge in [-0.15, -0.1) is 0 Å². The van der Waals surface area contributed by atoms with E-state index < -0.39 is 0 Å². The van der Waals surface area contributed by atoms with Gasteiger partial charge in [0.2, 0.25) is 0 Å². The summed E-state index contributed by atoms with van der Waals surface area (Å²) in [7, 11) is 1.56. The highest BCUT2D eigenvalue weighted by Crippen LogP contribution is 2.28. The minimum Gasteiger partial charge on any atom is -0.497 e. The number of ether oxygens (including phenoxy) is 2. The molecule has 0 heterocycles. The van der Waals surface area contributed by atoms with Gasteiger partial charge in [-0.1, -0.05) is 41.5 Å². The van der Waals surface area contributed by atoms with E-state index in [9.17, 15) is 0 Å². The van der Waals surface area contributed by atoms with Crippen molar-refractivity contribution in [1.82, 2.24) is 0 Å². The van der Waals surface area contributed by atoms with E-state index in [1.165, 1.54) is 0 Å². The maximum absolute atomic E-state index is 6.11. The maximum atomic E-state index is 6.11. The van der Waals surface area contributed by atoms with Gasteiger partial charge in [-0.2, -0.15) is 0 Å². The first-order valence-electron chi connectivity index (χ1n) is 6.06. The average molecular weight is 342 g/mol. The SMILES string of the molecule is COc1cc(OCc2c(Cl)cccc2Cl)cc(C(N)=S)c1. The van der Waals surface area contributed by atoms with Crippen molar-refractivity contribution < 1.29 is 9.47 Å². The Hall–Kier alpha value is -1.49. The lowest BCUT2D eigenvalue weighted by molar-refractivity contribution is 0.304. The molecule has 0 unspecified atom stereocenters. The Morgan fingerprint density at radius 1 is 1.14 bits per heavy atom. The molecule has 0 aliphatic heterocycles. The minimum absolute atomic E-state index is 0.239. The Morgan fingerprint density at radius 3 is 2.33 bits per heavy atom. The van der Waals surface area contributed by atoms with Crippen LogP contribution in [0.4, 0.5) is 0 Å². The number of methoxy groups -OCH3 is 1. The number of hydrogen-bond donors (Lipinski definition) is 1. The molecule has 2 N–H and O–H groups in total. The van der Waals surface area contributed by atoms with Gasteiger partial charge >= 0.3 is 0 Å². The maximum Gasteiger partial charge on any atom is 0.124 e. The summed E-state index contributed by atoms with van der Waals surface area (Å²) < 4.78 is 10.9. The molecule has 0 saturated heterocycles. The molecule has 6 heteroatoms. The molecule has 0 saturated carbocycles. The molecule has 0 amide bonds. The Bertz CT molecular complexity index is 656. The largest absolute Gasteiger partial charge is 0.497 e. The van der Waals surface area contributed by atoms with Crippen LogP contribution in [0.2, 0.25) is 10.0 Å². The Labute approximate surface area is 138 Å². The van der Waals surface area contributed by atoms with Gasteiger partial charge in [-0.05, 0) is 24.3 Å². The molecular weight excluding hydrogens is 329 g/mol. The molecule has 21 heavy (non-hydrogen) atoms. The fraction of sp³-hybridized carbons (Fsp3) is 0.133. The molecule has 0 aromatic heterocycles. The first-order valence-corrected chi connectivity index (χ1v) is 7.22. The van der Waals surface area contributed by atoms with Crippen molar-refractivity contribution in [2.24, 2.45) is 5.73 Å². The monoisotopic (exact) mass is 341 g/mol. The van der Waals surface area contributed by atoms with Crippen molar-refractivity contribution in [2.75, 3.05) is 7.11 Å². The van der Waals surface area contributed by atoms with Crippen LogP contribution in [0.15, 0.2) is 36.4 Å². The Morgan fingerprint density at radius 2 is 1.76 bits per heavy atom. The van der Waals surface area contributed by atoms with Crippen molar-refractivity contribution >= 4 is 40.4 Å². The number of halogens is 2. The summed E-state index contributed by atoms with van der Waals surface area (Å²) in [5.74, 6) is 1.19. The van der Waals surface area contributed by atoms with Gasteiger partial charge in [-0.25, -0.2) is 0 Å². The van der Waals surface area contributed by atoms with Gasteiger partial charge in [0.05, 0.1) is 7.11 Å². The average Bonchev–Trinajstić information content (AvgIpc) is 2.46. The first-order chi connectivity index (χ1) is 10.0. The third-order valence-electron chi connectivity index (χ3n) is 2.85. The fourth-order valence-electron chi connectivity index (χ4n) is 1.74. The quantitative estimate of drug-likeness (QED) is 0.827. The second-order valence-electron chi connectivity index (χ2n) is 4.25. The van der Waals surface area contributed by atoms with Crippen LogP contribution in [-0.2, 0) is 6.61 Å². The lowest BCUT2D eigenvalue weighted by Gasteiger charge is -2.12. The van der Waals surface area contributed by atoms with Crippen LogP contribution in [0.5, 0.6) is 11.5 Å². The molecule has 0 aliphatic carbocycles. The summed E-state index contributed by atoms with van der Waals surface area (Å²) in [5.41, 5.74) is 7.03. The lowest BCUT2D eigenvalue weighted by Crippen LogP contribution is -2.10. The molecule has 110 valence electrons. The Balaban J connectivity index is 2.23. The van der Waals surface area contributed by atoms with Crippen molar-refractivity contribution in [2.45, 2.75) is 6.61 Å². The number of benzene rings is 2. The van der Waals surface area contributed by atoms with E-state index in [1.807, 2.05) is 0 Å². The fourth-order valence-corrected chi connectivity index (χ4v) is 2.37. The number of nitrogens with two attached hydrogens (primary N) is 1. The van der Waals surface area contributed by atoms with Crippen LogP contribution in [0, 0.1) is 0 Å².